The van der Waals surface area contributed by atoms with E-state index in [4.69, 9.17) is 0 Å². The number of benzene rings is 3. The molecular weight excluding hydrogens is 451 g/mol. The van der Waals surface area contributed by atoms with Crippen molar-refractivity contribution in [2.24, 2.45) is 5.92 Å². The zero-order valence-electron chi connectivity index (χ0n) is 18.8. The Labute approximate surface area is 200 Å². The lowest BCUT2D eigenvalue weighted by molar-refractivity contribution is -0.123. The summed E-state index contributed by atoms with van der Waals surface area (Å²) in [4.78, 5) is 13.3. The molecular formula is C25H29BN2O5S. The second-order valence-corrected chi connectivity index (χ2v) is 10.6. The molecule has 4 N–H and O–H groups in total. The summed E-state index contributed by atoms with van der Waals surface area (Å²) in [6, 6.07) is 20.2. The van der Waals surface area contributed by atoms with E-state index >= 15 is 0 Å². The van der Waals surface area contributed by atoms with Crippen molar-refractivity contribution in [1.82, 2.24) is 10.0 Å². The fourth-order valence-electron chi connectivity index (χ4n) is 4.25. The molecule has 34 heavy (non-hydrogen) atoms. The van der Waals surface area contributed by atoms with Crippen LogP contribution in [0, 0.1) is 5.92 Å². The van der Waals surface area contributed by atoms with Crippen LogP contribution in [0.15, 0.2) is 77.7 Å². The number of nitrogens with one attached hydrogen (secondary N) is 2. The molecule has 0 spiro atoms. The average molecular weight is 480 g/mol. The van der Waals surface area contributed by atoms with Crippen LogP contribution in [0.25, 0.3) is 10.8 Å². The van der Waals surface area contributed by atoms with Crippen molar-refractivity contribution in [2.75, 3.05) is 0 Å². The van der Waals surface area contributed by atoms with Crippen LogP contribution >= 0.6 is 0 Å². The maximum absolute atomic E-state index is 13.2. The molecule has 7 nitrogen and oxygen atoms in total. The van der Waals surface area contributed by atoms with Crippen molar-refractivity contribution in [3.8, 4) is 0 Å². The van der Waals surface area contributed by atoms with Crippen LogP contribution in [-0.4, -0.2) is 43.5 Å². The first kappa shape index (κ1) is 24.4. The lowest BCUT2D eigenvalue weighted by atomic mass is 9.69. The summed E-state index contributed by atoms with van der Waals surface area (Å²) < 4.78 is 29.0. The zero-order chi connectivity index (χ0) is 24.1. The van der Waals surface area contributed by atoms with Crippen molar-refractivity contribution in [3.63, 3.8) is 0 Å². The molecule has 178 valence electrons. The number of carbonyl (C=O) groups excluding carboxylic acids is 1. The second-order valence-electron chi connectivity index (χ2n) is 8.93. The van der Waals surface area contributed by atoms with Gasteiger partial charge in [0.15, 0.2) is 0 Å². The topological polar surface area (TPSA) is 116 Å². The number of rotatable bonds is 10. The van der Waals surface area contributed by atoms with Gasteiger partial charge in [-0.15, -0.1) is 0 Å². The van der Waals surface area contributed by atoms with E-state index in [1.807, 2.05) is 54.6 Å². The van der Waals surface area contributed by atoms with E-state index in [1.165, 1.54) is 6.07 Å². The lowest BCUT2D eigenvalue weighted by Crippen LogP contribution is -2.55. The highest BCUT2D eigenvalue weighted by atomic mass is 32.2. The minimum absolute atomic E-state index is 0.0604. The molecule has 4 rings (SSSR count). The van der Waals surface area contributed by atoms with Gasteiger partial charge in [-0.1, -0.05) is 79.9 Å². The summed E-state index contributed by atoms with van der Waals surface area (Å²) in [6.45, 7) is 0. The van der Waals surface area contributed by atoms with Gasteiger partial charge >= 0.3 is 7.12 Å². The van der Waals surface area contributed by atoms with Gasteiger partial charge in [-0.3, -0.25) is 4.79 Å². The maximum atomic E-state index is 13.2. The number of fused-ring (bicyclic) bond motifs is 1. The highest BCUT2D eigenvalue weighted by molar-refractivity contribution is 7.89. The zero-order valence-corrected chi connectivity index (χ0v) is 19.6. The highest BCUT2D eigenvalue weighted by Gasteiger charge is 2.34. The molecule has 0 heterocycles. The van der Waals surface area contributed by atoms with E-state index in [0.717, 1.165) is 35.6 Å². The van der Waals surface area contributed by atoms with Crippen molar-refractivity contribution in [1.29, 1.82) is 0 Å². The largest absolute Gasteiger partial charge is 0.475 e. The van der Waals surface area contributed by atoms with E-state index in [2.05, 4.69) is 10.0 Å². The van der Waals surface area contributed by atoms with Gasteiger partial charge in [0, 0.05) is 0 Å². The van der Waals surface area contributed by atoms with Gasteiger partial charge in [0.1, 0.15) is 6.04 Å². The van der Waals surface area contributed by atoms with Crippen LogP contribution in [0.1, 0.15) is 31.2 Å². The molecule has 1 amide bonds. The molecule has 0 saturated heterocycles. The number of carbonyl (C=O) groups is 1. The summed E-state index contributed by atoms with van der Waals surface area (Å²) in [5.41, 5.74) is 0.781. The molecule has 1 fully saturated rings. The van der Waals surface area contributed by atoms with Gasteiger partial charge in [-0.05, 0) is 47.2 Å². The Morgan fingerprint density at radius 2 is 1.65 bits per heavy atom. The third-order valence-electron chi connectivity index (χ3n) is 6.43. The minimum Gasteiger partial charge on any atom is -0.426 e. The van der Waals surface area contributed by atoms with Gasteiger partial charge in [0.05, 0.1) is 10.8 Å². The Morgan fingerprint density at radius 1 is 0.971 bits per heavy atom. The second kappa shape index (κ2) is 10.7. The molecule has 1 aliphatic rings. The molecule has 3 aromatic carbocycles. The Kier molecular flexibility index (Phi) is 7.68. The molecule has 0 radical (unpaired) electrons. The van der Waals surface area contributed by atoms with E-state index in [9.17, 15) is 23.3 Å². The third-order valence-corrected chi connectivity index (χ3v) is 7.90. The Hall–Kier alpha value is -2.72. The van der Waals surface area contributed by atoms with Gasteiger partial charge in [-0.2, -0.15) is 4.72 Å². The predicted octanol–water partition coefficient (Wildman–Crippen LogP) is 2.42. The first-order valence-corrected chi connectivity index (χ1v) is 13.0. The van der Waals surface area contributed by atoms with E-state index in [1.54, 1.807) is 12.1 Å². The quantitative estimate of drug-likeness (QED) is 0.333. The van der Waals surface area contributed by atoms with Crippen LogP contribution in [0.3, 0.4) is 0 Å². The average Bonchev–Trinajstić information content (AvgIpc) is 2.80. The monoisotopic (exact) mass is 480 g/mol. The smallest absolute Gasteiger partial charge is 0.426 e. The first-order valence-electron chi connectivity index (χ1n) is 11.5. The number of sulfonamides is 1. The minimum atomic E-state index is -4.02. The lowest BCUT2D eigenvalue weighted by Gasteiger charge is -2.30. The van der Waals surface area contributed by atoms with Crippen molar-refractivity contribution in [3.05, 3.63) is 78.4 Å². The van der Waals surface area contributed by atoms with Crippen LogP contribution in [-0.2, 0) is 21.2 Å². The molecule has 0 aromatic heterocycles. The Bertz CT molecular complexity index is 1230. The van der Waals surface area contributed by atoms with Crippen LogP contribution in [0.4, 0.5) is 0 Å². The molecule has 2 atom stereocenters. The number of hydrogen-bond donors (Lipinski definition) is 4. The standard InChI is InChI=1S/C25H29BN2O5S/c29-25(27-24(26(30)31)16-19-9-6-10-19)23(15-18-7-2-1-3-8-18)28-34(32,33)22-14-13-20-11-4-5-12-21(20)17-22/h1-5,7-8,11-14,17,19,23-24,28,30-31H,6,9-10,15-16H2,(H,27,29)/t23-,24-/m0/s1. The van der Waals surface area contributed by atoms with Crippen molar-refractivity contribution < 1.29 is 23.3 Å². The maximum Gasteiger partial charge on any atom is 0.475 e. The summed E-state index contributed by atoms with van der Waals surface area (Å²) in [7, 11) is -5.75. The predicted molar refractivity (Wildman–Crippen MR) is 132 cm³/mol. The number of hydrogen-bond acceptors (Lipinski definition) is 5. The fourth-order valence-corrected chi connectivity index (χ4v) is 5.48. The summed E-state index contributed by atoms with van der Waals surface area (Å²) in [5, 5.41) is 24.0. The highest BCUT2D eigenvalue weighted by Crippen LogP contribution is 2.30. The molecule has 0 bridgehead atoms. The number of amides is 1. The van der Waals surface area contributed by atoms with Crippen LogP contribution in [0.2, 0.25) is 0 Å². The molecule has 1 saturated carbocycles. The van der Waals surface area contributed by atoms with E-state index in [-0.39, 0.29) is 11.3 Å². The van der Waals surface area contributed by atoms with Gasteiger partial charge < -0.3 is 15.4 Å². The molecule has 9 heteroatoms. The van der Waals surface area contributed by atoms with Crippen LogP contribution in [0.5, 0.6) is 0 Å². The van der Waals surface area contributed by atoms with Gasteiger partial charge in [0.2, 0.25) is 15.9 Å². The third kappa shape index (κ3) is 6.04. The SMILES string of the molecule is O=C(N[C@@H](CC1CCC1)B(O)O)[C@H](Cc1ccccc1)NS(=O)(=O)c1ccc2ccccc2c1. The Balaban J connectivity index is 1.57. The first-order chi connectivity index (χ1) is 16.3. The normalized spacial score (nSPS) is 15.9. The summed E-state index contributed by atoms with van der Waals surface area (Å²) in [5.74, 6) is -1.12. The molecule has 0 aliphatic heterocycles. The summed E-state index contributed by atoms with van der Waals surface area (Å²) in [6.07, 6.45) is 3.63. The van der Waals surface area contributed by atoms with Gasteiger partial charge in [-0.25, -0.2) is 8.42 Å². The summed E-state index contributed by atoms with van der Waals surface area (Å²) >= 11 is 0. The molecule has 3 aromatic rings. The molecule has 1 aliphatic carbocycles. The molecule has 0 unspecified atom stereocenters. The van der Waals surface area contributed by atoms with E-state index in [0.29, 0.717) is 12.3 Å². The van der Waals surface area contributed by atoms with Crippen molar-refractivity contribution in [2.45, 2.75) is 49.0 Å². The van der Waals surface area contributed by atoms with E-state index < -0.39 is 35.0 Å². The Morgan fingerprint density at radius 3 is 2.29 bits per heavy atom. The van der Waals surface area contributed by atoms with Gasteiger partial charge in [0.25, 0.3) is 0 Å². The van der Waals surface area contributed by atoms with Crippen LogP contribution < -0.4 is 10.0 Å². The fraction of sp³-hybridized carbons (Fsp3) is 0.320. The van der Waals surface area contributed by atoms with Crippen molar-refractivity contribution >= 4 is 33.8 Å².